The fraction of sp³-hybridized carbons (Fsp3) is 0.588. The fourth-order valence-corrected chi connectivity index (χ4v) is 2.43. The maximum absolute atomic E-state index is 12.1. The molecule has 0 aliphatic rings. The Hall–Kier alpha value is -1.35. The van der Waals surface area contributed by atoms with Crippen molar-refractivity contribution in [3.63, 3.8) is 0 Å². The smallest absolute Gasteiger partial charge is 0.237 e. The van der Waals surface area contributed by atoms with Crippen LogP contribution in [0.2, 0.25) is 0 Å². The van der Waals surface area contributed by atoms with Crippen molar-refractivity contribution in [3.05, 3.63) is 35.4 Å². The molecule has 1 aromatic rings. The third-order valence-electron chi connectivity index (χ3n) is 3.88. The summed E-state index contributed by atoms with van der Waals surface area (Å²) in [6.07, 6.45) is 1.95. The van der Waals surface area contributed by atoms with Crippen LogP contribution in [0.5, 0.6) is 0 Å². The predicted octanol–water partition coefficient (Wildman–Crippen LogP) is 3.34. The van der Waals surface area contributed by atoms with Crippen LogP contribution in [-0.2, 0) is 4.79 Å². The van der Waals surface area contributed by atoms with E-state index in [1.807, 2.05) is 19.1 Å². The van der Waals surface area contributed by atoms with Gasteiger partial charge >= 0.3 is 0 Å². The van der Waals surface area contributed by atoms with Gasteiger partial charge < -0.3 is 5.32 Å². The molecule has 1 aromatic carbocycles. The number of carbonyl (C=O) groups is 1. The molecule has 0 bridgehead atoms. The number of rotatable bonds is 7. The van der Waals surface area contributed by atoms with E-state index < -0.39 is 0 Å². The van der Waals surface area contributed by atoms with Gasteiger partial charge in [0.25, 0.3) is 0 Å². The lowest BCUT2D eigenvalue weighted by atomic mass is 10.0. The highest BCUT2D eigenvalue weighted by atomic mass is 16.2. The van der Waals surface area contributed by atoms with E-state index in [0.29, 0.717) is 0 Å². The lowest BCUT2D eigenvalue weighted by Gasteiger charge is -2.23. The second kappa shape index (κ2) is 8.05. The van der Waals surface area contributed by atoms with Crippen LogP contribution >= 0.6 is 0 Å². The van der Waals surface area contributed by atoms with Gasteiger partial charge in [-0.05, 0) is 44.7 Å². The second-order valence-electron chi connectivity index (χ2n) is 5.49. The molecule has 0 saturated heterocycles. The van der Waals surface area contributed by atoms with Crippen molar-refractivity contribution in [3.8, 4) is 0 Å². The summed E-state index contributed by atoms with van der Waals surface area (Å²) in [5, 5.41) is 6.46. The first kappa shape index (κ1) is 16.7. The molecule has 0 aliphatic heterocycles. The number of amides is 1. The highest BCUT2D eigenvalue weighted by Crippen LogP contribution is 2.17. The second-order valence-corrected chi connectivity index (χ2v) is 5.49. The van der Waals surface area contributed by atoms with Gasteiger partial charge in [-0.2, -0.15) is 0 Å². The van der Waals surface area contributed by atoms with Gasteiger partial charge in [-0.15, -0.1) is 0 Å². The molecule has 0 aromatic heterocycles. The molecule has 20 heavy (non-hydrogen) atoms. The monoisotopic (exact) mass is 276 g/mol. The van der Waals surface area contributed by atoms with Crippen LogP contribution in [0.15, 0.2) is 24.3 Å². The van der Waals surface area contributed by atoms with Crippen molar-refractivity contribution in [2.75, 3.05) is 0 Å². The Kier molecular flexibility index (Phi) is 6.73. The molecule has 0 heterocycles. The summed E-state index contributed by atoms with van der Waals surface area (Å²) in [6.45, 7) is 10.3. The van der Waals surface area contributed by atoms with E-state index in [4.69, 9.17) is 0 Å². The highest BCUT2D eigenvalue weighted by molar-refractivity contribution is 5.81. The zero-order valence-electron chi connectivity index (χ0n) is 13.4. The SMILES string of the molecule is CCC(CC)NC(=O)C(C)N[C@@H](C)c1ccccc1C. The largest absolute Gasteiger partial charge is 0.352 e. The van der Waals surface area contributed by atoms with Crippen LogP contribution < -0.4 is 10.6 Å². The Balaban J connectivity index is 2.59. The van der Waals surface area contributed by atoms with Gasteiger partial charge in [0.1, 0.15) is 0 Å². The van der Waals surface area contributed by atoms with Crippen molar-refractivity contribution < 1.29 is 4.79 Å². The molecule has 1 amide bonds. The molecule has 0 radical (unpaired) electrons. The van der Waals surface area contributed by atoms with Crippen molar-refractivity contribution in [2.45, 2.75) is 65.6 Å². The van der Waals surface area contributed by atoms with E-state index in [9.17, 15) is 4.79 Å². The minimum atomic E-state index is -0.190. The Morgan fingerprint density at radius 3 is 2.30 bits per heavy atom. The van der Waals surface area contributed by atoms with Gasteiger partial charge in [0.05, 0.1) is 6.04 Å². The van der Waals surface area contributed by atoms with Crippen LogP contribution in [0.25, 0.3) is 0 Å². The van der Waals surface area contributed by atoms with Crippen molar-refractivity contribution >= 4 is 5.91 Å². The van der Waals surface area contributed by atoms with E-state index in [0.717, 1.165) is 12.8 Å². The predicted molar refractivity (Wildman–Crippen MR) is 84.7 cm³/mol. The maximum Gasteiger partial charge on any atom is 0.237 e. The van der Waals surface area contributed by atoms with E-state index in [-0.39, 0.29) is 24.0 Å². The minimum Gasteiger partial charge on any atom is -0.352 e. The van der Waals surface area contributed by atoms with Gasteiger partial charge in [0.2, 0.25) is 5.91 Å². The van der Waals surface area contributed by atoms with Crippen LogP contribution in [-0.4, -0.2) is 18.0 Å². The first-order chi connectivity index (χ1) is 9.49. The molecular formula is C17H28N2O. The molecule has 0 saturated carbocycles. The van der Waals surface area contributed by atoms with E-state index in [2.05, 4.69) is 50.5 Å². The molecule has 112 valence electrons. The van der Waals surface area contributed by atoms with Crippen LogP contribution in [0.3, 0.4) is 0 Å². The molecule has 2 atom stereocenters. The standard InChI is InChI=1S/C17H28N2O/c1-6-15(7-2)19-17(20)14(5)18-13(4)16-11-9-8-10-12(16)3/h8-11,13-15,18H,6-7H2,1-5H3,(H,19,20)/t13-,14?/m0/s1. The Bertz CT molecular complexity index is 427. The summed E-state index contributed by atoms with van der Waals surface area (Å²) in [6, 6.07) is 8.54. The molecule has 0 fully saturated rings. The molecule has 0 aliphatic carbocycles. The molecule has 3 nitrogen and oxygen atoms in total. The molecule has 1 unspecified atom stereocenters. The molecule has 3 heteroatoms. The van der Waals surface area contributed by atoms with E-state index >= 15 is 0 Å². The van der Waals surface area contributed by atoms with E-state index in [1.54, 1.807) is 0 Å². The topological polar surface area (TPSA) is 41.1 Å². The molecule has 2 N–H and O–H groups in total. The molecule has 0 spiro atoms. The average molecular weight is 276 g/mol. The van der Waals surface area contributed by atoms with Crippen LogP contribution in [0.4, 0.5) is 0 Å². The third-order valence-corrected chi connectivity index (χ3v) is 3.88. The summed E-state index contributed by atoms with van der Waals surface area (Å²) in [7, 11) is 0. The fourth-order valence-electron chi connectivity index (χ4n) is 2.43. The molecule has 1 rings (SSSR count). The maximum atomic E-state index is 12.1. The Morgan fingerprint density at radius 1 is 1.15 bits per heavy atom. The van der Waals surface area contributed by atoms with Gasteiger partial charge in [-0.3, -0.25) is 10.1 Å². The summed E-state index contributed by atoms with van der Waals surface area (Å²) in [4.78, 5) is 12.1. The zero-order valence-corrected chi connectivity index (χ0v) is 13.4. The number of hydrogen-bond donors (Lipinski definition) is 2. The van der Waals surface area contributed by atoms with Crippen molar-refractivity contribution in [2.24, 2.45) is 0 Å². The number of carbonyl (C=O) groups excluding carboxylic acids is 1. The first-order valence-electron chi connectivity index (χ1n) is 7.61. The van der Waals surface area contributed by atoms with Crippen molar-refractivity contribution in [1.82, 2.24) is 10.6 Å². The number of hydrogen-bond acceptors (Lipinski definition) is 2. The Labute approximate surface area is 123 Å². The lowest BCUT2D eigenvalue weighted by molar-refractivity contribution is -0.123. The first-order valence-corrected chi connectivity index (χ1v) is 7.61. The van der Waals surface area contributed by atoms with Gasteiger partial charge in [0, 0.05) is 12.1 Å². The highest BCUT2D eigenvalue weighted by Gasteiger charge is 2.18. The zero-order chi connectivity index (χ0) is 15.1. The normalized spacial score (nSPS) is 14.1. The van der Waals surface area contributed by atoms with Crippen molar-refractivity contribution in [1.29, 1.82) is 0 Å². The number of nitrogens with one attached hydrogen (secondary N) is 2. The minimum absolute atomic E-state index is 0.0825. The lowest BCUT2D eigenvalue weighted by Crippen LogP contribution is -2.46. The van der Waals surface area contributed by atoms with Gasteiger partial charge in [0.15, 0.2) is 0 Å². The number of benzene rings is 1. The average Bonchev–Trinajstić information content (AvgIpc) is 2.44. The Morgan fingerprint density at radius 2 is 1.75 bits per heavy atom. The van der Waals surface area contributed by atoms with Gasteiger partial charge in [-0.25, -0.2) is 0 Å². The number of aryl methyl sites for hydroxylation is 1. The van der Waals surface area contributed by atoms with E-state index in [1.165, 1.54) is 11.1 Å². The van der Waals surface area contributed by atoms with Crippen LogP contribution in [0.1, 0.15) is 57.7 Å². The van der Waals surface area contributed by atoms with Crippen LogP contribution in [0, 0.1) is 6.92 Å². The quantitative estimate of drug-likeness (QED) is 0.802. The summed E-state index contributed by atoms with van der Waals surface area (Å²) < 4.78 is 0. The summed E-state index contributed by atoms with van der Waals surface area (Å²) in [5.41, 5.74) is 2.50. The third kappa shape index (κ3) is 4.64. The molecular weight excluding hydrogens is 248 g/mol. The van der Waals surface area contributed by atoms with Gasteiger partial charge in [-0.1, -0.05) is 38.1 Å². The summed E-state index contributed by atoms with van der Waals surface area (Å²) in [5.74, 6) is 0.0825. The summed E-state index contributed by atoms with van der Waals surface area (Å²) >= 11 is 0.